The molecule has 2 aliphatic heterocycles. The van der Waals surface area contributed by atoms with Crippen molar-refractivity contribution in [2.45, 2.75) is 6.92 Å². The fourth-order valence-electron chi connectivity index (χ4n) is 2.89. The molecular weight excluding hydrogens is 266 g/mol. The molecule has 0 aliphatic carbocycles. The summed E-state index contributed by atoms with van der Waals surface area (Å²) in [6, 6.07) is 2.15. The van der Waals surface area contributed by atoms with Gasteiger partial charge in [-0.25, -0.2) is 4.98 Å². The highest BCUT2D eigenvalue weighted by Gasteiger charge is 2.36. The number of aromatic nitrogens is 1. The van der Waals surface area contributed by atoms with Crippen molar-refractivity contribution in [3.05, 3.63) is 22.3 Å². The van der Waals surface area contributed by atoms with Crippen LogP contribution in [0.25, 0.3) is 0 Å². The van der Waals surface area contributed by atoms with E-state index in [1.54, 1.807) is 0 Å². The second-order valence-electron chi connectivity index (χ2n) is 4.88. The molecule has 0 spiro atoms. The zero-order valence-electron chi connectivity index (χ0n) is 9.41. The summed E-state index contributed by atoms with van der Waals surface area (Å²) in [4.78, 5) is 6.99. The maximum absolute atomic E-state index is 4.55. The first-order valence-electron chi connectivity index (χ1n) is 5.82. The van der Waals surface area contributed by atoms with Gasteiger partial charge in [0.25, 0.3) is 0 Å². The molecule has 2 saturated heterocycles. The number of nitrogens with one attached hydrogen (secondary N) is 1. The van der Waals surface area contributed by atoms with E-state index in [-0.39, 0.29) is 0 Å². The fourth-order valence-corrected chi connectivity index (χ4v) is 3.34. The lowest BCUT2D eigenvalue weighted by Gasteiger charge is -2.20. The van der Waals surface area contributed by atoms with E-state index in [2.05, 4.69) is 44.1 Å². The molecule has 0 amide bonds. The zero-order chi connectivity index (χ0) is 11.1. The SMILES string of the molecule is Cc1cc(Br)cnc1N1CC2CNCC2C1. The van der Waals surface area contributed by atoms with Crippen molar-refractivity contribution in [1.29, 1.82) is 0 Å². The van der Waals surface area contributed by atoms with Gasteiger partial charge in [0, 0.05) is 36.8 Å². The Morgan fingerprint density at radius 3 is 2.69 bits per heavy atom. The average Bonchev–Trinajstić information content (AvgIpc) is 2.76. The summed E-state index contributed by atoms with van der Waals surface area (Å²) < 4.78 is 1.06. The molecule has 16 heavy (non-hydrogen) atoms. The number of pyridine rings is 1. The van der Waals surface area contributed by atoms with Crippen LogP contribution < -0.4 is 10.2 Å². The Bertz CT molecular complexity index is 395. The van der Waals surface area contributed by atoms with Crippen LogP contribution in [0, 0.1) is 18.8 Å². The summed E-state index contributed by atoms with van der Waals surface area (Å²) in [5.41, 5.74) is 1.27. The van der Waals surface area contributed by atoms with E-state index in [4.69, 9.17) is 0 Å². The molecule has 2 unspecified atom stereocenters. The van der Waals surface area contributed by atoms with Crippen molar-refractivity contribution in [3.8, 4) is 0 Å². The molecule has 0 radical (unpaired) electrons. The first-order valence-corrected chi connectivity index (χ1v) is 6.61. The molecule has 2 atom stereocenters. The van der Waals surface area contributed by atoms with E-state index in [0.29, 0.717) is 0 Å². The third-order valence-corrected chi connectivity index (χ3v) is 4.14. The molecule has 3 heterocycles. The molecule has 0 bridgehead atoms. The van der Waals surface area contributed by atoms with Gasteiger partial charge in [-0.1, -0.05) is 0 Å². The third kappa shape index (κ3) is 1.74. The quantitative estimate of drug-likeness (QED) is 0.851. The van der Waals surface area contributed by atoms with Gasteiger partial charge in [0.2, 0.25) is 0 Å². The Kier molecular flexibility index (Phi) is 2.64. The summed E-state index contributed by atoms with van der Waals surface area (Å²) in [5, 5.41) is 3.47. The zero-order valence-corrected chi connectivity index (χ0v) is 11.0. The van der Waals surface area contributed by atoms with Crippen LogP contribution in [0.1, 0.15) is 5.56 Å². The summed E-state index contributed by atoms with van der Waals surface area (Å²) in [6.45, 7) is 6.81. The van der Waals surface area contributed by atoms with Gasteiger partial charge >= 0.3 is 0 Å². The maximum Gasteiger partial charge on any atom is 0.131 e. The second-order valence-corrected chi connectivity index (χ2v) is 5.79. The van der Waals surface area contributed by atoms with Crippen LogP contribution in [0.3, 0.4) is 0 Å². The highest BCUT2D eigenvalue weighted by molar-refractivity contribution is 9.10. The van der Waals surface area contributed by atoms with Crippen LogP contribution in [0.15, 0.2) is 16.7 Å². The fraction of sp³-hybridized carbons (Fsp3) is 0.583. The van der Waals surface area contributed by atoms with Gasteiger partial charge in [-0.05, 0) is 46.3 Å². The Morgan fingerprint density at radius 1 is 1.38 bits per heavy atom. The Hall–Kier alpha value is -0.610. The Labute approximate surface area is 104 Å². The first kappa shape index (κ1) is 10.5. The minimum Gasteiger partial charge on any atom is -0.356 e. The Morgan fingerprint density at radius 2 is 2.06 bits per heavy atom. The van der Waals surface area contributed by atoms with Gasteiger partial charge in [0.15, 0.2) is 0 Å². The van der Waals surface area contributed by atoms with E-state index in [9.17, 15) is 0 Å². The Balaban J connectivity index is 1.83. The van der Waals surface area contributed by atoms with Crippen molar-refractivity contribution >= 4 is 21.7 Å². The molecule has 2 fully saturated rings. The number of hydrogen-bond acceptors (Lipinski definition) is 3. The lowest BCUT2D eigenvalue weighted by Crippen LogP contribution is -2.26. The molecule has 86 valence electrons. The summed E-state index contributed by atoms with van der Waals surface area (Å²) in [7, 11) is 0. The number of aryl methyl sites for hydroxylation is 1. The topological polar surface area (TPSA) is 28.2 Å². The molecule has 3 rings (SSSR count). The van der Waals surface area contributed by atoms with Crippen LogP contribution in [-0.4, -0.2) is 31.2 Å². The summed E-state index contributed by atoms with van der Waals surface area (Å²) in [5.74, 6) is 2.81. The minimum absolute atomic E-state index is 0.824. The number of hydrogen-bond donors (Lipinski definition) is 1. The standard InChI is InChI=1S/C12H16BrN3/c1-8-2-11(13)5-15-12(8)16-6-9-3-14-4-10(9)7-16/h2,5,9-10,14H,3-4,6-7H2,1H3. The van der Waals surface area contributed by atoms with Gasteiger partial charge < -0.3 is 10.2 Å². The van der Waals surface area contributed by atoms with E-state index < -0.39 is 0 Å². The van der Waals surface area contributed by atoms with Crippen LogP contribution in [0.5, 0.6) is 0 Å². The van der Waals surface area contributed by atoms with Gasteiger partial charge in [-0.2, -0.15) is 0 Å². The average molecular weight is 282 g/mol. The monoisotopic (exact) mass is 281 g/mol. The number of nitrogens with zero attached hydrogens (tertiary/aromatic N) is 2. The summed E-state index contributed by atoms with van der Waals surface area (Å²) in [6.07, 6.45) is 1.90. The number of halogens is 1. The van der Waals surface area contributed by atoms with E-state index >= 15 is 0 Å². The van der Waals surface area contributed by atoms with Crippen molar-refractivity contribution in [2.24, 2.45) is 11.8 Å². The van der Waals surface area contributed by atoms with E-state index in [1.165, 1.54) is 18.7 Å². The predicted molar refractivity (Wildman–Crippen MR) is 68.7 cm³/mol. The number of anilines is 1. The van der Waals surface area contributed by atoms with Gasteiger partial charge in [0.05, 0.1) is 0 Å². The lowest BCUT2D eigenvalue weighted by molar-refractivity contribution is 0.533. The van der Waals surface area contributed by atoms with E-state index in [1.807, 2.05) is 6.20 Å². The summed E-state index contributed by atoms with van der Waals surface area (Å²) >= 11 is 3.46. The molecule has 0 aromatic carbocycles. The molecule has 1 aromatic heterocycles. The molecule has 2 aliphatic rings. The highest BCUT2D eigenvalue weighted by atomic mass is 79.9. The molecule has 1 N–H and O–H groups in total. The maximum atomic E-state index is 4.55. The molecule has 0 saturated carbocycles. The van der Waals surface area contributed by atoms with Crippen LogP contribution in [-0.2, 0) is 0 Å². The smallest absolute Gasteiger partial charge is 0.131 e. The second kappa shape index (κ2) is 4.00. The van der Waals surface area contributed by atoms with Crippen LogP contribution >= 0.6 is 15.9 Å². The van der Waals surface area contributed by atoms with Gasteiger partial charge in [-0.15, -0.1) is 0 Å². The number of fused-ring (bicyclic) bond motifs is 1. The third-order valence-electron chi connectivity index (χ3n) is 3.71. The molecule has 1 aromatic rings. The highest BCUT2D eigenvalue weighted by Crippen LogP contribution is 2.31. The van der Waals surface area contributed by atoms with Crippen molar-refractivity contribution < 1.29 is 0 Å². The normalized spacial score (nSPS) is 28.5. The van der Waals surface area contributed by atoms with Gasteiger partial charge in [0.1, 0.15) is 5.82 Å². The number of rotatable bonds is 1. The van der Waals surface area contributed by atoms with Crippen molar-refractivity contribution in [3.63, 3.8) is 0 Å². The predicted octanol–water partition coefficient (Wildman–Crippen LogP) is 1.81. The van der Waals surface area contributed by atoms with Crippen molar-refractivity contribution in [1.82, 2.24) is 10.3 Å². The van der Waals surface area contributed by atoms with Gasteiger partial charge in [-0.3, -0.25) is 0 Å². The lowest BCUT2D eigenvalue weighted by atomic mass is 10.0. The first-order chi connectivity index (χ1) is 7.74. The van der Waals surface area contributed by atoms with Crippen molar-refractivity contribution in [2.75, 3.05) is 31.1 Å². The largest absolute Gasteiger partial charge is 0.356 e. The molecule has 4 heteroatoms. The van der Waals surface area contributed by atoms with Crippen LogP contribution in [0.4, 0.5) is 5.82 Å². The molecule has 3 nitrogen and oxygen atoms in total. The minimum atomic E-state index is 0.824. The molecular formula is C12H16BrN3. The van der Waals surface area contributed by atoms with E-state index in [0.717, 1.165) is 35.2 Å². The van der Waals surface area contributed by atoms with Crippen LogP contribution in [0.2, 0.25) is 0 Å².